The third-order valence-electron chi connectivity index (χ3n) is 5.34. The van der Waals surface area contributed by atoms with E-state index in [1.54, 1.807) is 43.3 Å². The molecule has 34 heavy (non-hydrogen) atoms. The molecule has 0 radical (unpaired) electrons. The molecule has 0 aromatic heterocycles. The number of ether oxygens (including phenoxy) is 3. The van der Waals surface area contributed by atoms with Crippen molar-refractivity contribution in [3.05, 3.63) is 66.0 Å². The molecule has 5 heteroatoms. The minimum Gasteiger partial charge on any atom is -0.494 e. The smallest absolute Gasteiger partial charge is 0.343 e. The molecule has 0 saturated carbocycles. The Labute approximate surface area is 205 Å². The number of carbonyl (C=O) groups is 2. The molecule has 0 bridgehead atoms. The van der Waals surface area contributed by atoms with Crippen LogP contribution in [-0.2, 0) is 14.3 Å². The van der Waals surface area contributed by atoms with Crippen LogP contribution < -0.4 is 4.74 Å². The SMILES string of the molecule is C=C/C(=C\C=C(/C)OC(=O)c1ccc(OCCCCCC)cc1)C(=O)OC(C)CCCCCC. The first kappa shape index (κ1) is 29.2. The van der Waals surface area contributed by atoms with Crippen LogP contribution in [0.15, 0.2) is 60.4 Å². The number of unbranched alkanes of at least 4 members (excludes halogenated alkanes) is 6. The molecule has 0 aliphatic carbocycles. The van der Waals surface area contributed by atoms with Gasteiger partial charge < -0.3 is 14.2 Å². The molecule has 1 unspecified atom stereocenters. The van der Waals surface area contributed by atoms with Gasteiger partial charge in [0.2, 0.25) is 0 Å². The zero-order valence-electron chi connectivity index (χ0n) is 21.4. The fourth-order valence-corrected chi connectivity index (χ4v) is 3.24. The number of carbonyl (C=O) groups excluding carboxylic acids is 2. The fraction of sp³-hybridized carbons (Fsp3) is 0.517. The standard InChI is InChI=1S/C29H42O5/c1-6-9-11-13-15-23(4)33-28(30)25(8-3)17-16-24(5)34-29(31)26-18-20-27(21-19-26)32-22-14-12-10-7-2/h8,16-21,23H,3,6-7,9-15,22H2,1-2,4-5H3/b24-16+,25-17+. The van der Waals surface area contributed by atoms with Crippen molar-refractivity contribution in [3.8, 4) is 5.75 Å². The fourth-order valence-electron chi connectivity index (χ4n) is 3.24. The Balaban J connectivity index is 2.55. The third kappa shape index (κ3) is 12.4. The van der Waals surface area contributed by atoms with E-state index < -0.39 is 11.9 Å². The summed E-state index contributed by atoms with van der Waals surface area (Å²) < 4.78 is 16.6. The van der Waals surface area contributed by atoms with E-state index in [-0.39, 0.29) is 6.10 Å². The van der Waals surface area contributed by atoms with Crippen molar-refractivity contribution in [1.82, 2.24) is 0 Å². The molecular weight excluding hydrogens is 428 g/mol. The molecule has 0 aliphatic heterocycles. The molecule has 1 rings (SSSR count). The van der Waals surface area contributed by atoms with E-state index in [1.165, 1.54) is 31.8 Å². The van der Waals surface area contributed by atoms with Gasteiger partial charge in [0, 0.05) is 0 Å². The second-order valence-electron chi connectivity index (χ2n) is 8.49. The maximum Gasteiger partial charge on any atom is 0.343 e. The van der Waals surface area contributed by atoms with Crippen LogP contribution in [0.4, 0.5) is 0 Å². The molecule has 1 aromatic carbocycles. The monoisotopic (exact) mass is 470 g/mol. The van der Waals surface area contributed by atoms with Crippen LogP contribution in [-0.4, -0.2) is 24.6 Å². The topological polar surface area (TPSA) is 61.8 Å². The first-order valence-corrected chi connectivity index (χ1v) is 12.6. The minimum absolute atomic E-state index is 0.154. The van der Waals surface area contributed by atoms with E-state index in [2.05, 4.69) is 20.4 Å². The summed E-state index contributed by atoms with van der Waals surface area (Å²) in [4.78, 5) is 24.8. The molecule has 1 aromatic rings. The van der Waals surface area contributed by atoms with Crippen LogP contribution in [0.5, 0.6) is 5.75 Å². The summed E-state index contributed by atoms with van der Waals surface area (Å²) >= 11 is 0. The summed E-state index contributed by atoms with van der Waals surface area (Å²) in [5, 5.41) is 0. The van der Waals surface area contributed by atoms with Gasteiger partial charge in [0.05, 0.1) is 23.8 Å². The predicted octanol–water partition coefficient (Wildman–Crippen LogP) is 7.72. The van der Waals surface area contributed by atoms with Crippen molar-refractivity contribution in [1.29, 1.82) is 0 Å². The molecule has 0 fully saturated rings. The Bertz CT molecular complexity index is 804. The summed E-state index contributed by atoms with van der Waals surface area (Å²) in [5.74, 6) is 0.191. The zero-order valence-corrected chi connectivity index (χ0v) is 21.4. The maximum absolute atomic E-state index is 12.4. The maximum atomic E-state index is 12.4. The lowest BCUT2D eigenvalue weighted by Gasteiger charge is -2.13. The predicted molar refractivity (Wildman–Crippen MR) is 138 cm³/mol. The van der Waals surface area contributed by atoms with Crippen molar-refractivity contribution in [2.75, 3.05) is 6.61 Å². The number of benzene rings is 1. The average molecular weight is 471 g/mol. The van der Waals surface area contributed by atoms with E-state index in [9.17, 15) is 9.59 Å². The van der Waals surface area contributed by atoms with E-state index >= 15 is 0 Å². The van der Waals surface area contributed by atoms with E-state index in [0.29, 0.717) is 23.5 Å². The molecule has 0 spiro atoms. The van der Waals surface area contributed by atoms with Gasteiger partial charge in [0.25, 0.3) is 0 Å². The van der Waals surface area contributed by atoms with Crippen LogP contribution in [0, 0.1) is 0 Å². The van der Waals surface area contributed by atoms with Gasteiger partial charge in [-0.2, -0.15) is 0 Å². The lowest BCUT2D eigenvalue weighted by atomic mass is 10.1. The number of hydrogen-bond acceptors (Lipinski definition) is 5. The Morgan fingerprint density at radius 2 is 1.59 bits per heavy atom. The second kappa shape index (κ2) is 17.6. The molecule has 188 valence electrons. The highest BCUT2D eigenvalue weighted by molar-refractivity contribution is 5.92. The third-order valence-corrected chi connectivity index (χ3v) is 5.34. The van der Waals surface area contributed by atoms with E-state index in [0.717, 1.165) is 37.9 Å². The van der Waals surface area contributed by atoms with Crippen LogP contribution in [0.1, 0.15) is 95.8 Å². The average Bonchev–Trinajstić information content (AvgIpc) is 2.82. The van der Waals surface area contributed by atoms with Gasteiger partial charge in [0.15, 0.2) is 0 Å². The molecular formula is C29H42O5. The first-order valence-electron chi connectivity index (χ1n) is 12.6. The summed E-state index contributed by atoms with van der Waals surface area (Å²) in [6.07, 6.45) is 14.4. The summed E-state index contributed by atoms with van der Waals surface area (Å²) in [6.45, 7) is 12.3. The van der Waals surface area contributed by atoms with Crippen LogP contribution in [0.3, 0.4) is 0 Å². The number of esters is 2. The highest BCUT2D eigenvalue weighted by atomic mass is 16.5. The molecule has 0 saturated heterocycles. The van der Waals surface area contributed by atoms with Crippen molar-refractivity contribution in [2.24, 2.45) is 0 Å². The molecule has 0 N–H and O–H groups in total. The second-order valence-corrected chi connectivity index (χ2v) is 8.49. The molecule has 0 aliphatic rings. The highest BCUT2D eigenvalue weighted by Crippen LogP contribution is 2.16. The van der Waals surface area contributed by atoms with Crippen LogP contribution in [0.25, 0.3) is 0 Å². The Morgan fingerprint density at radius 3 is 2.21 bits per heavy atom. The van der Waals surface area contributed by atoms with Gasteiger partial charge >= 0.3 is 11.9 Å². The number of allylic oxidation sites excluding steroid dienone is 3. The first-order chi connectivity index (χ1) is 16.4. The highest BCUT2D eigenvalue weighted by Gasteiger charge is 2.13. The van der Waals surface area contributed by atoms with Gasteiger partial charge in [-0.05, 0) is 69.5 Å². The molecule has 1 atom stereocenters. The number of rotatable bonds is 17. The normalized spacial score (nSPS) is 12.7. The van der Waals surface area contributed by atoms with Gasteiger partial charge in [-0.25, -0.2) is 9.59 Å². The molecule has 0 heterocycles. The molecule has 5 nitrogen and oxygen atoms in total. The van der Waals surface area contributed by atoms with Gasteiger partial charge in [-0.3, -0.25) is 0 Å². The Morgan fingerprint density at radius 1 is 0.941 bits per heavy atom. The minimum atomic E-state index is -0.472. The van der Waals surface area contributed by atoms with E-state index in [4.69, 9.17) is 14.2 Å². The Kier molecular flexibility index (Phi) is 15.1. The van der Waals surface area contributed by atoms with Crippen molar-refractivity contribution < 1.29 is 23.8 Å². The lowest BCUT2D eigenvalue weighted by molar-refractivity contribution is -0.143. The molecule has 0 amide bonds. The van der Waals surface area contributed by atoms with Crippen molar-refractivity contribution in [3.63, 3.8) is 0 Å². The zero-order chi connectivity index (χ0) is 25.2. The number of hydrogen-bond donors (Lipinski definition) is 0. The van der Waals surface area contributed by atoms with Crippen molar-refractivity contribution in [2.45, 2.75) is 91.6 Å². The van der Waals surface area contributed by atoms with Crippen LogP contribution >= 0.6 is 0 Å². The van der Waals surface area contributed by atoms with Gasteiger partial charge in [-0.1, -0.05) is 65.0 Å². The largest absolute Gasteiger partial charge is 0.494 e. The Hall–Kier alpha value is -2.82. The van der Waals surface area contributed by atoms with Gasteiger partial charge in [-0.15, -0.1) is 0 Å². The summed E-state index contributed by atoms with van der Waals surface area (Å²) in [5.41, 5.74) is 0.742. The quantitative estimate of drug-likeness (QED) is 0.0766. The summed E-state index contributed by atoms with van der Waals surface area (Å²) in [7, 11) is 0. The lowest BCUT2D eigenvalue weighted by Crippen LogP contribution is -2.15. The van der Waals surface area contributed by atoms with E-state index in [1.807, 2.05) is 6.92 Å². The van der Waals surface area contributed by atoms with Crippen molar-refractivity contribution >= 4 is 11.9 Å². The van der Waals surface area contributed by atoms with Gasteiger partial charge in [0.1, 0.15) is 11.5 Å². The summed E-state index contributed by atoms with van der Waals surface area (Å²) in [6, 6.07) is 6.90. The van der Waals surface area contributed by atoms with Crippen LogP contribution in [0.2, 0.25) is 0 Å².